The molecule has 1 aliphatic heterocycles. The van der Waals surface area contributed by atoms with Crippen molar-refractivity contribution in [3.8, 4) is 11.5 Å². The first-order valence-electron chi connectivity index (χ1n) is 9.38. The van der Waals surface area contributed by atoms with Crippen LogP contribution in [-0.2, 0) is 0 Å². The Balaban J connectivity index is 1.45. The third-order valence-corrected chi connectivity index (χ3v) is 6.22. The summed E-state index contributed by atoms with van der Waals surface area (Å²) < 4.78 is 6.03. The predicted molar refractivity (Wildman–Crippen MR) is 106 cm³/mol. The summed E-state index contributed by atoms with van der Waals surface area (Å²) in [5.41, 5.74) is 2.55. The van der Waals surface area contributed by atoms with Gasteiger partial charge in [-0.3, -0.25) is 4.79 Å². The quantitative estimate of drug-likeness (QED) is 0.681. The average molecular weight is 376 g/mol. The van der Waals surface area contributed by atoms with E-state index in [4.69, 9.17) is 4.42 Å². The molecule has 5 heteroatoms. The van der Waals surface area contributed by atoms with E-state index >= 15 is 0 Å². The van der Waals surface area contributed by atoms with Gasteiger partial charge in [-0.15, -0.1) is 11.8 Å². The summed E-state index contributed by atoms with van der Waals surface area (Å²) >= 11 is 1.85. The number of hydrogen-bond acceptors (Lipinski definition) is 4. The Labute approximate surface area is 162 Å². The molecule has 0 spiro atoms. The van der Waals surface area contributed by atoms with Crippen molar-refractivity contribution in [2.75, 3.05) is 5.75 Å². The maximum Gasteiger partial charge on any atom is 0.274 e. The van der Waals surface area contributed by atoms with E-state index in [0.29, 0.717) is 17.5 Å². The van der Waals surface area contributed by atoms with Gasteiger partial charge in [0.2, 0.25) is 5.89 Å². The Morgan fingerprint density at radius 1 is 1.04 bits per heavy atom. The zero-order valence-corrected chi connectivity index (χ0v) is 15.7. The minimum absolute atomic E-state index is 0.0267. The molecule has 0 radical (unpaired) electrons. The number of benzene rings is 2. The van der Waals surface area contributed by atoms with Crippen LogP contribution in [0.4, 0.5) is 0 Å². The van der Waals surface area contributed by atoms with Gasteiger partial charge < -0.3 is 9.73 Å². The fraction of sp³-hybridized carbons (Fsp3) is 0.273. The fourth-order valence-electron chi connectivity index (χ4n) is 3.54. The van der Waals surface area contributed by atoms with Crippen LogP contribution >= 0.6 is 11.8 Å². The summed E-state index contributed by atoms with van der Waals surface area (Å²) in [7, 11) is 0. The lowest BCUT2D eigenvalue weighted by molar-refractivity contribution is 0.0928. The number of oxazole rings is 1. The number of aromatic nitrogens is 1. The highest BCUT2D eigenvalue weighted by Gasteiger charge is 2.35. The Kier molecular flexibility index (Phi) is 4.24. The normalized spacial score (nSPS) is 18.7. The van der Waals surface area contributed by atoms with Gasteiger partial charge in [-0.25, -0.2) is 4.98 Å². The summed E-state index contributed by atoms with van der Waals surface area (Å²) in [5, 5.41) is 3.20. The molecular weight excluding hydrogens is 356 g/mol. The molecule has 1 unspecified atom stereocenters. The molecule has 1 fully saturated rings. The third-order valence-electron chi connectivity index (χ3n) is 5.10. The van der Waals surface area contributed by atoms with Crippen molar-refractivity contribution in [1.82, 2.24) is 10.3 Å². The van der Waals surface area contributed by atoms with Gasteiger partial charge in [-0.1, -0.05) is 36.4 Å². The Morgan fingerprint density at radius 3 is 2.63 bits per heavy atom. The molecule has 1 atom stereocenters. The molecule has 0 saturated heterocycles. The summed E-state index contributed by atoms with van der Waals surface area (Å²) in [6.07, 6.45) is 3.05. The number of hydrogen-bond donors (Lipinski definition) is 1. The van der Waals surface area contributed by atoms with Crippen molar-refractivity contribution in [3.05, 3.63) is 71.6 Å². The van der Waals surface area contributed by atoms with Crippen molar-refractivity contribution in [2.24, 2.45) is 0 Å². The highest BCUT2D eigenvalue weighted by Crippen LogP contribution is 2.43. The molecule has 136 valence electrons. The van der Waals surface area contributed by atoms with Crippen molar-refractivity contribution >= 4 is 17.7 Å². The number of nitrogens with one attached hydrogen (secondary N) is 1. The summed E-state index contributed by atoms with van der Waals surface area (Å²) in [5.74, 6) is 2.47. The SMILES string of the molecule is O=C(NC1CCSc2ccccc21)c1nc(-c2ccccc2)oc1C1CC1. The van der Waals surface area contributed by atoms with Crippen LogP contribution in [0.2, 0.25) is 0 Å². The minimum Gasteiger partial charge on any atom is -0.440 e. The number of nitrogens with zero attached hydrogens (tertiary/aromatic N) is 1. The Hall–Kier alpha value is -2.53. The highest BCUT2D eigenvalue weighted by atomic mass is 32.2. The van der Waals surface area contributed by atoms with E-state index < -0.39 is 0 Å². The number of fused-ring (bicyclic) bond motifs is 1. The van der Waals surface area contributed by atoms with E-state index in [1.165, 1.54) is 10.5 Å². The molecule has 1 saturated carbocycles. The van der Waals surface area contributed by atoms with Gasteiger partial charge in [-0.05, 0) is 43.0 Å². The third kappa shape index (κ3) is 3.28. The number of thioether (sulfide) groups is 1. The molecular formula is C22H20N2O2S. The molecule has 4 nitrogen and oxygen atoms in total. The van der Waals surface area contributed by atoms with Gasteiger partial charge in [0.15, 0.2) is 5.69 Å². The second kappa shape index (κ2) is 6.89. The zero-order chi connectivity index (χ0) is 18.2. The summed E-state index contributed by atoms with van der Waals surface area (Å²) in [6.45, 7) is 0. The van der Waals surface area contributed by atoms with E-state index in [1.54, 1.807) is 0 Å². The number of rotatable bonds is 4. The maximum atomic E-state index is 13.1. The van der Waals surface area contributed by atoms with E-state index in [-0.39, 0.29) is 11.9 Å². The van der Waals surface area contributed by atoms with E-state index in [1.807, 2.05) is 54.2 Å². The largest absolute Gasteiger partial charge is 0.440 e. The smallest absolute Gasteiger partial charge is 0.274 e. The van der Waals surface area contributed by atoms with Crippen LogP contribution in [0, 0.1) is 0 Å². The molecule has 27 heavy (non-hydrogen) atoms. The number of carbonyl (C=O) groups excluding carboxylic acids is 1. The standard InChI is InChI=1S/C22H20N2O2S/c25-21(23-17-12-13-27-18-9-5-4-8-16(17)18)19-20(14-10-11-14)26-22(24-19)15-6-2-1-3-7-15/h1-9,14,17H,10-13H2,(H,23,25). The molecule has 1 aliphatic carbocycles. The fourth-order valence-corrected chi connectivity index (χ4v) is 4.66. The Bertz CT molecular complexity index is 979. The van der Waals surface area contributed by atoms with Crippen LogP contribution in [0.5, 0.6) is 0 Å². The first-order chi connectivity index (χ1) is 13.3. The topological polar surface area (TPSA) is 55.1 Å². The lowest BCUT2D eigenvalue weighted by Crippen LogP contribution is -2.31. The number of amides is 1. The van der Waals surface area contributed by atoms with Crippen molar-refractivity contribution in [2.45, 2.75) is 36.1 Å². The van der Waals surface area contributed by atoms with Gasteiger partial charge in [0.25, 0.3) is 5.91 Å². The molecule has 2 aromatic carbocycles. The molecule has 3 aromatic rings. The second-order valence-corrected chi connectivity index (χ2v) is 8.21. The zero-order valence-electron chi connectivity index (χ0n) is 14.9. The first-order valence-corrected chi connectivity index (χ1v) is 10.4. The Morgan fingerprint density at radius 2 is 1.81 bits per heavy atom. The van der Waals surface area contributed by atoms with E-state index in [2.05, 4.69) is 22.4 Å². The van der Waals surface area contributed by atoms with Gasteiger partial charge in [0, 0.05) is 22.1 Å². The average Bonchev–Trinajstić information content (AvgIpc) is 3.47. The van der Waals surface area contributed by atoms with Crippen LogP contribution in [-0.4, -0.2) is 16.6 Å². The lowest BCUT2D eigenvalue weighted by atomic mass is 10.0. The maximum absolute atomic E-state index is 13.1. The molecule has 1 amide bonds. The van der Waals surface area contributed by atoms with Crippen LogP contribution in [0.1, 0.15) is 53.0 Å². The highest BCUT2D eigenvalue weighted by molar-refractivity contribution is 7.99. The molecule has 2 heterocycles. The van der Waals surface area contributed by atoms with Gasteiger partial charge >= 0.3 is 0 Å². The molecule has 1 aromatic heterocycles. The van der Waals surface area contributed by atoms with Gasteiger partial charge in [0.1, 0.15) is 5.76 Å². The van der Waals surface area contributed by atoms with Crippen LogP contribution in [0.25, 0.3) is 11.5 Å². The van der Waals surface area contributed by atoms with Crippen LogP contribution in [0.15, 0.2) is 63.9 Å². The van der Waals surface area contributed by atoms with Crippen LogP contribution < -0.4 is 5.32 Å². The minimum atomic E-state index is -0.130. The van der Waals surface area contributed by atoms with E-state index in [9.17, 15) is 4.79 Å². The summed E-state index contributed by atoms with van der Waals surface area (Å²) in [4.78, 5) is 18.9. The molecule has 0 bridgehead atoms. The second-order valence-electron chi connectivity index (χ2n) is 7.07. The van der Waals surface area contributed by atoms with Gasteiger partial charge in [-0.2, -0.15) is 0 Å². The molecule has 5 rings (SSSR count). The van der Waals surface area contributed by atoms with Crippen molar-refractivity contribution < 1.29 is 9.21 Å². The molecule has 1 N–H and O–H groups in total. The van der Waals surface area contributed by atoms with E-state index in [0.717, 1.165) is 36.3 Å². The summed E-state index contributed by atoms with van der Waals surface area (Å²) in [6, 6.07) is 18.1. The monoisotopic (exact) mass is 376 g/mol. The lowest BCUT2D eigenvalue weighted by Gasteiger charge is -2.25. The molecule has 2 aliphatic rings. The predicted octanol–water partition coefficient (Wildman–Crippen LogP) is 5.19. The van der Waals surface area contributed by atoms with Crippen molar-refractivity contribution in [3.63, 3.8) is 0 Å². The van der Waals surface area contributed by atoms with Crippen molar-refractivity contribution in [1.29, 1.82) is 0 Å². The van der Waals surface area contributed by atoms with Crippen LogP contribution in [0.3, 0.4) is 0 Å². The first kappa shape index (κ1) is 16.6. The van der Waals surface area contributed by atoms with Gasteiger partial charge in [0.05, 0.1) is 6.04 Å². The number of carbonyl (C=O) groups is 1.